The first-order chi connectivity index (χ1) is 14.4. The molecule has 0 saturated carbocycles. The predicted octanol–water partition coefficient (Wildman–Crippen LogP) is 3.90. The van der Waals surface area contributed by atoms with Crippen molar-refractivity contribution in [2.75, 3.05) is 13.1 Å². The summed E-state index contributed by atoms with van der Waals surface area (Å²) in [6.07, 6.45) is 0. The number of sulfonamides is 1. The van der Waals surface area contributed by atoms with Crippen LogP contribution in [-0.4, -0.2) is 41.9 Å². The summed E-state index contributed by atoms with van der Waals surface area (Å²) in [5.41, 5.74) is 1.33. The van der Waals surface area contributed by atoms with Gasteiger partial charge in [-0.15, -0.1) is 11.3 Å². The Balaban J connectivity index is 1.75. The normalized spacial score (nSPS) is 11.6. The SMILES string of the molecule is CCN(CC)S(=O)(=O)c1ccc(O)c(C(=O)OCc2csc(-c3ccccc3)n2)c1. The molecular weight excluding hydrogens is 424 g/mol. The van der Waals surface area contributed by atoms with Crippen LogP contribution < -0.4 is 0 Å². The van der Waals surface area contributed by atoms with E-state index in [-0.39, 0.29) is 22.8 Å². The predicted molar refractivity (Wildman–Crippen MR) is 115 cm³/mol. The third-order valence-electron chi connectivity index (χ3n) is 4.45. The van der Waals surface area contributed by atoms with Gasteiger partial charge in [0.25, 0.3) is 0 Å². The number of nitrogens with zero attached hydrogens (tertiary/aromatic N) is 2. The van der Waals surface area contributed by atoms with E-state index >= 15 is 0 Å². The van der Waals surface area contributed by atoms with Crippen LogP contribution in [0.2, 0.25) is 0 Å². The standard InChI is InChI=1S/C21H22N2O5S2/c1-3-23(4-2)30(26,27)17-10-11-19(24)18(12-17)21(25)28-13-16-14-29-20(22-16)15-8-6-5-7-9-15/h5-12,14,24H,3-4,13H2,1-2H3. The van der Waals surface area contributed by atoms with Crippen LogP contribution in [0.25, 0.3) is 10.6 Å². The van der Waals surface area contributed by atoms with E-state index in [9.17, 15) is 18.3 Å². The number of hydrogen-bond donors (Lipinski definition) is 1. The van der Waals surface area contributed by atoms with Crippen LogP contribution in [0.15, 0.2) is 58.8 Å². The fourth-order valence-corrected chi connectivity index (χ4v) is 5.15. The number of thiazole rings is 1. The largest absolute Gasteiger partial charge is 0.507 e. The van der Waals surface area contributed by atoms with Crippen molar-refractivity contribution in [3.05, 3.63) is 65.2 Å². The molecule has 1 N–H and O–H groups in total. The zero-order valence-corrected chi connectivity index (χ0v) is 18.2. The highest BCUT2D eigenvalue weighted by molar-refractivity contribution is 7.89. The van der Waals surface area contributed by atoms with Gasteiger partial charge in [-0.2, -0.15) is 4.31 Å². The molecule has 9 heteroatoms. The monoisotopic (exact) mass is 446 g/mol. The van der Waals surface area contributed by atoms with Crippen LogP contribution in [0.3, 0.4) is 0 Å². The van der Waals surface area contributed by atoms with Crippen LogP contribution >= 0.6 is 11.3 Å². The summed E-state index contributed by atoms with van der Waals surface area (Å²) in [7, 11) is -3.76. The molecule has 2 aromatic carbocycles. The van der Waals surface area contributed by atoms with Crippen molar-refractivity contribution in [1.82, 2.24) is 9.29 Å². The number of hydrogen-bond acceptors (Lipinski definition) is 7. The second-order valence-electron chi connectivity index (χ2n) is 6.35. The highest BCUT2D eigenvalue weighted by Gasteiger charge is 2.24. The van der Waals surface area contributed by atoms with Gasteiger partial charge >= 0.3 is 5.97 Å². The van der Waals surface area contributed by atoms with Crippen molar-refractivity contribution in [2.24, 2.45) is 0 Å². The zero-order valence-electron chi connectivity index (χ0n) is 16.6. The van der Waals surface area contributed by atoms with E-state index in [1.54, 1.807) is 19.2 Å². The van der Waals surface area contributed by atoms with Crippen LogP contribution in [0.1, 0.15) is 29.9 Å². The van der Waals surface area contributed by atoms with Gasteiger partial charge in [0.05, 0.1) is 10.6 Å². The van der Waals surface area contributed by atoms with E-state index in [1.807, 2.05) is 30.3 Å². The average molecular weight is 447 g/mol. The van der Waals surface area contributed by atoms with Gasteiger partial charge in [0.2, 0.25) is 10.0 Å². The smallest absolute Gasteiger partial charge is 0.342 e. The molecule has 0 amide bonds. The Labute approximate surface area is 179 Å². The van der Waals surface area contributed by atoms with Crippen molar-refractivity contribution >= 4 is 27.3 Å². The Hall–Kier alpha value is -2.75. The molecule has 0 radical (unpaired) electrons. The molecule has 0 spiro atoms. The molecule has 0 fully saturated rings. The van der Waals surface area contributed by atoms with E-state index in [2.05, 4.69) is 4.98 Å². The molecule has 0 aliphatic rings. The van der Waals surface area contributed by atoms with E-state index in [1.165, 1.54) is 27.8 Å². The van der Waals surface area contributed by atoms with Gasteiger partial charge < -0.3 is 9.84 Å². The minimum absolute atomic E-state index is 0.0732. The maximum atomic E-state index is 12.7. The van der Waals surface area contributed by atoms with E-state index in [4.69, 9.17) is 4.74 Å². The number of carbonyl (C=O) groups is 1. The second kappa shape index (κ2) is 9.38. The number of carbonyl (C=O) groups excluding carboxylic acids is 1. The molecule has 0 bridgehead atoms. The lowest BCUT2D eigenvalue weighted by Crippen LogP contribution is -2.30. The summed E-state index contributed by atoms with van der Waals surface area (Å²) in [5.74, 6) is -1.17. The number of phenols is 1. The van der Waals surface area contributed by atoms with Crippen LogP contribution in [-0.2, 0) is 21.4 Å². The molecule has 3 rings (SSSR count). The Bertz CT molecular complexity index is 1120. The number of esters is 1. The molecule has 0 atom stereocenters. The topological polar surface area (TPSA) is 96.8 Å². The minimum atomic E-state index is -3.76. The van der Waals surface area contributed by atoms with Gasteiger partial charge in [0.15, 0.2) is 0 Å². The lowest BCUT2D eigenvalue weighted by atomic mass is 10.2. The van der Waals surface area contributed by atoms with Crippen molar-refractivity contribution in [2.45, 2.75) is 25.3 Å². The number of rotatable bonds is 8. The van der Waals surface area contributed by atoms with Crippen LogP contribution in [0.4, 0.5) is 0 Å². The van der Waals surface area contributed by atoms with Gasteiger partial charge in [0.1, 0.15) is 22.9 Å². The maximum absolute atomic E-state index is 12.7. The molecule has 158 valence electrons. The molecule has 0 aliphatic heterocycles. The average Bonchev–Trinajstić information content (AvgIpc) is 3.22. The van der Waals surface area contributed by atoms with Gasteiger partial charge in [0, 0.05) is 24.0 Å². The molecule has 1 aromatic heterocycles. The first-order valence-corrected chi connectivity index (χ1v) is 11.7. The lowest BCUT2D eigenvalue weighted by Gasteiger charge is -2.18. The summed E-state index contributed by atoms with van der Waals surface area (Å²) in [6, 6.07) is 13.2. The van der Waals surface area contributed by atoms with Crippen molar-refractivity contribution in [3.8, 4) is 16.3 Å². The van der Waals surface area contributed by atoms with Crippen molar-refractivity contribution in [3.63, 3.8) is 0 Å². The third kappa shape index (κ3) is 4.69. The Morgan fingerprint density at radius 2 is 1.83 bits per heavy atom. The van der Waals surface area contributed by atoms with Gasteiger partial charge in [-0.3, -0.25) is 0 Å². The molecule has 30 heavy (non-hydrogen) atoms. The molecule has 1 heterocycles. The molecule has 0 aliphatic carbocycles. The molecular formula is C21H22N2O5S2. The van der Waals surface area contributed by atoms with E-state index in [0.29, 0.717) is 18.8 Å². The van der Waals surface area contributed by atoms with Crippen LogP contribution in [0, 0.1) is 0 Å². The molecule has 7 nitrogen and oxygen atoms in total. The number of ether oxygens (including phenoxy) is 1. The Kier molecular flexibility index (Phi) is 6.86. The van der Waals surface area contributed by atoms with Gasteiger partial charge in [-0.25, -0.2) is 18.2 Å². The number of benzene rings is 2. The van der Waals surface area contributed by atoms with Crippen molar-refractivity contribution < 1.29 is 23.1 Å². The second-order valence-corrected chi connectivity index (χ2v) is 9.15. The third-order valence-corrected chi connectivity index (χ3v) is 7.44. The summed E-state index contributed by atoms with van der Waals surface area (Å²) in [5, 5.41) is 12.6. The van der Waals surface area contributed by atoms with E-state index < -0.39 is 16.0 Å². The first kappa shape index (κ1) is 21.9. The zero-order chi connectivity index (χ0) is 21.7. The van der Waals surface area contributed by atoms with Crippen LogP contribution in [0.5, 0.6) is 5.75 Å². The number of aromatic nitrogens is 1. The minimum Gasteiger partial charge on any atom is -0.507 e. The molecule has 0 unspecified atom stereocenters. The fraction of sp³-hybridized carbons (Fsp3) is 0.238. The molecule has 3 aromatic rings. The number of phenolic OH excluding ortho intramolecular Hbond substituents is 1. The summed E-state index contributed by atoms with van der Waals surface area (Å²) >= 11 is 1.43. The molecule has 0 saturated heterocycles. The Morgan fingerprint density at radius 1 is 1.13 bits per heavy atom. The first-order valence-electron chi connectivity index (χ1n) is 9.37. The van der Waals surface area contributed by atoms with Crippen molar-refractivity contribution in [1.29, 1.82) is 0 Å². The summed E-state index contributed by atoms with van der Waals surface area (Å²) in [6.45, 7) is 3.97. The maximum Gasteiger partial charge on any atom is 0.342 e. The summed E-state index contributed by atoms with van der Waals surface area (Å²) < 4.78 is 31.9. The Morgan fingerprint density at radius 3 is 2.50 bits per heavy atom. The summed E-state index contributed by atoms with van der Waals surface area (Å²) in [4.78, 5) is 16.9. The lowest BCUT2D eigenvalue weighted by molar-refractivity contribution is 0.0465. The van der Waals surface area contributed by atoms with E-state index in [0.717, 1.165) is 16.6 Å². The highest BCUT2D eigenvalue weighted by Crippen LogP contribution is 2.26. The fourth-order valence-electron chi connectivity index (χ4n) is 2.86. The highest BCUT2D eigenvalue weighted by atomic mass is 32.2. The quantitative estimate of drug-likeness (QED) is 0.527. The number of aromatic hydroxyl groups is 1. The van der Waals surface area contributed by atoms with Gasteiger partial charge in [-0.05, 0) is 18.2 Å². The van der Waals surface area contributed by atoms with Gasteiger partial charge in [-0.1, -0.05) is 44.2 Å².